The minimum atomic E-state index is -1.17. The summed E-state index contributed by atoms with van der Waals surface area (Å²) < 4.78 is 10.7. The van der Waals surface area contributed by atoms with Crippen molar-refractivity contribution in [2.75, 3.05) is 14.2 Å². The Morgan fingerprint density at radius 3 is 2.26 bits per heavy atom. The third-order valence-electron chi connectivity index (χ3n) is 4.95. The first-order valence-corrected chi connectivity index (χ1v) is 8.98. The monoisotopic (exact) mass is 366 g/mol. The second-order valence-corrected chi connectivity index (χ2v) is 6.89. The summed E-state index contributed by atoms with van der Waals surface area (Å²) in [4.78, 5) is 7.25. The van der Waals surface area contributed by atoms with Crippen LogP contribution in [0.3, 0.4) is 0 Å². The lowest BCUT2D eigenvalue weighted by Crippen LogP contribution is -2.33. The highest BCUT2D eigenvalue weighted by atomic mass is 16.7. The van der Waals surface area contributed by atoms with E-state index in [-0.39, 0.29) is 5.92 Å². The Morgan fingerprint density at radius 2 is 1.67 bits per heavy atom. The van der Waals surface area contributed by atoms with E-state index in [2.05, 4.69) is 9.97 Å². The summed E-state index contributed by atoms with van der Waals surface area (Å²) in [5.41, 5.74) is 3.23. The van der Waals surface area contributed by atoms with Crippen LogP contribution in [0, 0.1) is 5.92 Å². The van der Waals surface area contributed by atoms with Gasteiger partial charge in [-0.15, -0.1) is 0 Å². The topological polar surface area (TPSA) is 67.4 Å². The van der Waals surface area contributed by atoms with Gasteiger partial charge in [0.05, 0.1) is 12.0 Å². The van der Waals surface area contributed by atoms with Gasteiger partial charge in [0.15, 0.2) is 6.29 Å². The summed E-state index contributed by atoms with van der Waals surface area (Å²) in [6.07, 6.45) is 2.92. The summed E-state index contributed by atoms with van der Waals surface area (Å²) in [7, 11) is 3.24. The zero-order valence-corrected chi connectivity index (χ0v) is 16.1. The molecule has 0 saturated carbocycles. The molecule has 0 fully saturated rings. The van der Waals surface area contributed by atoms with E-state index >= 15 is 0 Å². The van der Waals surface area contributed by atoms with Gasteiger partial charge in [0, 0.05) is 26.0 Å². The van der Waals surface area contributed by atoms with Crippen molar-refractivity contribution >= 4 is 0 Å². The third kappa shape index (κ3) is 3.67. The van der Waals surface area contributed by atoms with Crippen molar-refractivity contribution in [1.82, 2.24) is 9.97 Å². The smallest absolute Gasteiger partial charge is 0.183 e. The lowest BCUT2D eigenvalue weighted by atomic mass is 9.80. The SMILES string of the molecule is COC(OC)c1cccc(-c2cccc(C(O)(c3c[nH]cn3)C(C)C)c2)c1. The molecule has 0 amide bonds. The van der Waals surface area contributed by atoms with E-state index in [0.717, 1.165) is 22.3 Å². The lowest BCUT2D eigenvalue weighted by molar-refractivity contribution is -0.105. The number of benzene rings is 2. The average molecular weight is 366 g/mol. The minimum absolute atomic E-state index is 0.0475. The van der Waals surface area contributed by atoms with Crippen LogP contribution >= 0.6 is 0 Å². The molecular weight excluding hydrogens is 340 g/mol. The van der Waals surface area contributed by atoms with Gasteiger partial charge in [-0.1, -0.05) is 50.2 Å². The molecule has 0 radical (unpaired) electrons. The first-order chi connectivity index (χ1) is 13.0. The Balaban J connectivity index is 2.05. The molecule has 0 bridgehead atoms. The second kappa shape index (κ2) is 8.05. The second-order valence-electron chi connectivity index (χ2n) is 6.89. The van der Waals surface area contributed by atoms with Crippen LogP contribution in [0.1, 0.15) is 37.0 Å². The van der Waals surface area contributed by atoms with Gasteiger partial charge >= 0.3 is 0 Å². The van der Waals surface area contributed by atoms with Crippen molar-refractivity contribution in [3.8, 4) is 11.1 Å². The van der Waals surface area contributed by atoms with Crippen LogP contribution in [0.5, 0.6) is 0 Å². The van der Waals surface area contributed by atoms with E-state index in [4.69, 9.17) is 9.47 Å². The molecular formula is C22H26N2O3. The Hall–Kier alpha value is -2.47. The number of aliphatic hydroxyl groups is 1. The number of aromatic amines is 1. The number of imidazole rings is 1. The molecule has 0 aliphatic carbocycles. The van der Waals surface area contributed by atoms with Gasteiger partial charge < -0.3 is 19.6 Å². The maximum Gasteiger partial charge on any atom is 0.183 e. The number of hydrogen-bond acceptors (Lipinski definition) is 4. The maximum atomic E-state index is 11.5. The molecule has 0 saturated heterocycles. The predicted octanol–water partition coefficient (Wildman–Crippen LogP) is 4.26. The van der Waals surface area contributed by atoms with Gasteiger partial charge in [0.2, 0.25) is 0 Å². The molecule has 0 aliphatic heterocycles. The number of rotatable bonds is 7. The molecule has 3 aromatic rings. The van der Waals surface area contributed by atoms with Crippen LogP contribution in [-0.2, 0) is 15.1 Å². The fourth-order valence-electron chi connectivity index (χ4n) is 3.41. The van der Waals surface area contributed by atoms with Crippen LogP contribution in [0.4, 0.5) is 0 Å². The first-order valence-electron chi connectivity index (χ1n) is 8.98. The van der Waals surface area contributed by atoms with Gasteiger partial charge in [-0.2, -0.15) is 0 Å². The highest BCUT2D eigenvalue weighted by Gasteiger charge is 2.37. The van der Waals surface area contributed by atoms with Gasteiger partial charge in [-0.25, -0.2) is 4.98 Å². The molecule has 5 heteroatoms. The third-order valence-corrected chi connectivity index (χ3v) is 4.95. The lowest BCUT2D eigenvalue weighted by Gasteiger charge is -2.31. The summed E-state index contributed by atoms with van der Waals surface area (Å²) in [5.74, 6) is -0.0475. The molecule has 142 valence electrons. The van der Waals surface area contributed by atoms with E-state index in [1.54, 1.807) is 26.7 Å². The molecule has 0 spiro atoms. The van der Waals surface area contributed by atoms with E-state index in [1.165, 1.54) is 0 Å². The van der Waals surface area contributed by atoms with Crippen LogP contribution in [0.25, 0.3) is 11.1 Å². The number of methoxy groups -OCH3 is 2. The molecule has 2 aromatic carbocycles. The molecule has 1 unspecified atom stereocenters. The highest BCUT2D eigenvalue weighted by Crippen LogP contribution is 2.37. The molecule has 2 N–H and O–H groups in total. The fourth-order valence-corrected chi connectivity index (χ4v) is 3.41. The van der Waals surface area contributed by atoms with E-state index in [0.29, 0.717) is 5.69 Å². The molecule has 27 heavy (non-hydrogen) atoms. The fraction of sp³-hybridized carbons (Fsp3) is 0.318. The number of nitrogens with zero attached hydrogens (tertiary/aromatic N) is 1. The average Bonchev–Trinajstić information content (AvgIpc) is 3.24. The summed E-state index contributed by atoms with van der Waals surface area (Å²) in [5, 5.41) is 11.5. The Kier molecular flexibility index (Phi) is 5.75. The zero-order valence-electron chi connectivity index (χ0n) is 16.1. The van der Waals surface area contributed by atoms with Crippen LogP contribution in [-0.4, -0.2) is 29.3 Å². The van der Waals surface area contributed by atoms with E-state index in [1.807, 2.05) is 62.4 Å². The van der Waals surface area contributed by atoms with Crippen molar-refractivity contribution in [2.24, 2.45) is 5.92 Å². The molecule has 1 aromatic heterocycles. The number of nitrogens with one attached hydrogen (secondary N) is 1. The van der Waals surface area contributed by atoms with Crippen molar-refractivity contribution < 1.29 is 14.6 Å². The van der Waals surface area contributed by atoms with Crippen LogP contribution < -0.4 is 0 Å². The van der Waals surface area contributed by atoms with Crippen molar-refractivity contribution in [3.63, 3.8) is 0 Å². The summed E-state index contributed by atoms with van der Waals surface area (Å²) in [6.45, 7) is 3.98. The van der Waals surface area contributed by atoms with Crippen molar-refractivity contribution in [2.45, 2.75) is 25.7 Å². The molecule has 1 heterocycles. The first kappa shape index (κ1) is 19.3. The Bertz CT molecular complexity index is 873. The van der Waals surface area contributed by atoms with Gasteiger partial charge in [-0.3, -0.25) is 0 Å². The summed E-state index contributed by atoms with van der Waals surface area (Å²) in [6, 6.07) is 16.0. The summed E-state index contributed by atoms with van der Waals surface area (Å²) >= 11 is 0. The standard InChI is InChI=1S/C22H26N2O3/c1-15(2)22(25,20-13-23-14-24-20)19-10-6-8-17(12-19)16-7-5-9-18(11-16)21(26-3)27-4/h5-15,21,25H,1-4H3,(H,23,24). The molecule has 5 nitrogen and oxygen atoms in total. The Labute approximate surface area is 160 Å². The minimum Gasteiger partial charge on any atom is -0.378 e. The Morgan fingerprint density at radius 1 is 1.00 bits per heavy atom. The normalized spacial score (nSPS) is 13.9. The maximum absolute atomic E-state index is 11.5. The van der Waals surface area contributed by atoms with Gasteiger partial charge in [0.25, 0.3) is 0 Å². The number of aromatic nitrogens is 2. The van der Waals surface area contributed by atoms with Crippen molar-refractivity contribution in [3.05, 3.63) is 77.9 Å². The molecule has 1 atom stereocenters. The largest absolute Gasteiger partial charge is 0.378 e. The number of ether oxygens (including phenoxy) is 2. The number of H-pyrrole nitrogens is 1. The van der Waals surface area contributed by atoms with Crippen LogP contribution in [0.2, 0.25) is 0 Å². The predicted molar refractivity (Wildman–Crippen MR) is 105 cm³/mol. The van der Waals surface area contributed by atoms with E-state index < -0.39 is 11.9 Å². The molecule has 3 rings (SSSR count). The van der Waals surface area contributed by atoms with Gasteiger partial charge in [-0.05, 0) is 34.7 Å². The van der Waals surface area contributed by atoms with E-state index in [9.17, 15) is 5.11 Å². The highest BCUT2D eigenvalue weighted by molar-refractivity contribution is 5.65. The van der Waals surface area contributed by atoms with Crippen LogP contribution in [0.15, 0.2) is 61.1 Å². The van der Waals surface area contributed by atoms with Gasteiger partial charge in [0.1, 0.15) is 5.60 Å². The molecule has 0 aliphatic rings. The van der Waals surface area contributed by atoms with Crippen molar-refractivity contribution in [1.29, 1.82) is 0 Å². The quantitative estimate of drug-likeness (QED) is 0.613. The zero-order chi connectivity index (χ0) is 19.4. The number of hydrogen-bond donors (Lipinski definition) is 2.